The highest BCUT2D eigenvalue weighted by atomic mass is 16.3. The largest absolute Gasteiger partial charge is 0.504 e. The molecule has 0 spiro atoms. The van der Waals surface area contributed by atoms with Crippen molar-refractivity contribution in [2.75, 3.05) is 44.2 Å². The van der Waals surface area contributed by atoms with Crippen LogP contribution >= 0.6 is 0 Å². The number of amides is 1. The average molecular weight is 544 g/mol. The first-order chi connectivity index (χ1) is 19.3. The molecule has 0 atom stereocenters. The summed E-state index contributed by atoms with van der Waals surface area (Å²) in [4.78, 5) is 26.3. The van der Waals surface area contributed by atoms with Crippen LogP contribution in [-0.4, -0.2) is 89.9 Å². The molecule has 2 fully saturated rings. The normalized spacial score (nSPS) is 15.8. The standard InChI is InChI=1S/C21H27N5O.C8H10N4O/c1-17(27)25-14-12-24(13-15-25)16-19-6-9-21(23-22-19)18-4-7-20(8-5-18)26-10-2-3-11-26;1-4-7(13)5(2)12-8(9-4)10-6(3)11-12/h4-9H,2-3,10-16H2,1H3;13H,1-3H3. The SMILES string of the molecule is CC(=O)N1CCN(Cc2ccc(-c3ccc(N4CCCC4)cc3)nn2)CC1.Cc1nc2nc(C)c(O)c(C)n2n1. The van der Waals surface area contributed by atoms with E-state index in [-0.39, 0.29) is 11.7 Å². The second kappa shape index (κ2) is 12.0. The molecule has 40 heavy (non-hydrogen) atoms. The molecule has 1 amide bonds. The number of hydrogen-bond donors (Lipinski definition) is 1. The van der Waals surface area contributed by atoms with Gasteiger partial charge in [-0.25, -0.2) is 4.98 Å². The lowest BCUT2D eigenvalue weighted by Crippen LogP contribution is -2.47. The summed E-state index contributed by atoms with van der Waals surface area (Å²) in [6, 6.07) is 12.8. The van der Waals surface area contributed by atoms with Crippen LogP contribution in [0.3, 0.4) is 0 Å². The van der Waals surface area contributed by atoms with Gasteiger partial charge in [0.1, 0.15) is 5.82 Å². The van der Waals surface area contributed by atoms with Gasteiger partial charge in [0.05, 0.1) is 22.8 Å². The van der Waals surface area contributed by atoms with Gasteiger partial charge in [-0.1, -0.05) is 12.1 Å². The number of fused-ring (bicyclic) bond motifs is 1. The van der Waals surface area contributed by atoms with E-state index < -0.39 is 0 Å². The molecule has 6 rings (SSSR count). The second-order valence-electron chi connectivity index (χ2n) is 10.4. The number of anilines is 1. The summed E-state index contributed by atoms with van der Waals surface area (Å²) in [7, 11) is 0. The number of carbonyl (C=O) groups is 1. The van der Waals surface area contributed by atoms with Crippen LogP contribution in [0, 0.1) is 20.8 Å². The number of aryl methyl sites for hydroxylation is 3. The molecule has 1 aromatic carbocycles. The summed E-state index contributed by atoms with van der Waals surface area (Å²) >= 11 is 0. The minimum atomic E-state index is 0.162. The van der Waals surface area contributed by atoms with Gasteiger partial charge in [-0.15, -0.1) is 5.10 Å². The Morgan fingerprint density at radius 1 is 0.875 bits per heavy atom. The Bertz CT molecular complexity index is 1450. The van der Waals surface area contributed by atoms with Gasteiger partial charge in [0.2, 0.25) is 5.91 Å². The molecule has 1 N–H and O–H groups in total. The number of aromatic nitrogens is 6. The van der Waals surface area contributed by atoms with Gasteiger partial charge < -0.3 is 14.9 Å². The van der Waals surface area contributed by atoms with Crippen LogP contribution in [0.15, 0.2) is 36.4 Å². The molecule has 2 saturated heterocycles. The lowest BCUT2D eigenvalue weighted by molar-refractivity contribution is -0.130. The number of hydrogen-bond acceptors (Lipinski definition) is 9. The monoisotopic (exact) mass is 543 g/mol. The number of carbonyl (C=O) groups excluding carboxylic acids is 1. The van der Waals surface area contributed by atoms with Crippen LogP contribution in [0.1, 0.15) is 42.7 Å². The topological polar surface area (TPSA) is 116 Å². The van der Waals surface area contributed by atoms with E-state index in [1.807, 2.05) is 4.90 Å². The van der Waals surface area contributed by atoms with E-state index >= 15 is 0 Å². The maximum atomic E-state index is 11.4. The van der Waals surface area contributed by atoms with Crippen LogP contribution in [-0.2, 0) is 11.3 Å². The highest BCUT2D eigenvalue weighted by Gasteiger charge is 2.19. The van der Waals surface area contributed by atoms with E-state index in [4.69, 9.17) is 0 Å². The Hall–Kier alpha value is -4.12. The number of aromatic hydroxyl groups is 1. The molecular weight excluding hydrogens is 506 g/mol. The smallest absolute Gasteiger partial charge is 0.253 e. The summed E-state index contributed by atoms with van der Waals surface area (Å²) in [6.07, 6.45) is 2.58. The maximum Gasteiger partial charge on any atom is 0.253 e. The molecule has 11 nitrogen and oxygen atoms in total. The van der Waals surface area contributed by atoms with Crippen molar-refractivity contribution in [2.45, 2.75) is 47.1 Å². The zero-order chi connectivity index (χ0) is 28.2. The molecule has 210 valence electrons. The number of piperazine rings is 1. The minimum Gasteiger partial charge on any atom is -0.504 e. The fraction of sp³-hybridized carbons (Fsp3) is 0.448. The molecule has 3 aromatic heterocycles. The number of nitrogens with zero attached hydrogens (tertiary/aromatic N) is 9. The molecule has 5 heterocycles. The maximum absolute atomic E-state index is 11.4. The van der Waals surface area contributed by atoms with Crippen LogP contribution in [0.2, 0.25) is 0 Å². The van der Waals surface area contributed by atoms with Gasteiger partial charge >= 0.3 is 0 Å². The lowest BCUT2D eigenvalue weighted by atomic mass is 10.1. The molecule has 0 radical (unpaired) electrons. The average Bonchev–Trinajstić information content (AvgIpc) is 3.63. The Morgan fingerprint density at radius 3 is 2.20 bits per heavy atom. The molecule has 11 heteroatoms. The molecular formula is C29H37N9O2. The van der Waals surface area contributed by atoms with E-state index in [2.05, 4.69) is 71.5 Å². The fourth-order valence-electron chi connectivity index (χ4n) is 5.13. The zero-order valence-electron chi connectivity index (χ0n) is 23.7. The molecule has 4 aromatic rings. The van der Waals surface area contributed by atoms with Crippen molar-refractivity contribution in [3.05, 3.63) is 59.3 Å². The molecule has 0 aliphatic carbocycles. The number of benzene rings is 1. The zero-order valence-corrected chi connectivity index (χ0v) is 23.7. The molecule has 2 aliphatic rings. The van der Waals surface area contributed by atoms with Gasteiger partial charge in [0.15, 0.2) is 5.75 Å². The van der Waals surface area contributed by atoms with Gasteiger partial charge in [-0.05, 0) is 57.9 Å². The van der Waals surface area contributed by atoms with Crippen LogP contribution < -0.4 is 4.90 Å². The van der Waals surface area contributed by atoms with E-state index in [0.717, 1.165) is 62.8 Å². The fourth-order valence-corrected chi connectivity index (χ4v) is 5.13. The Kier molecular flexibility index (Phi) is 8.20. The summed E-state index contributed by atoms with van der Waals surface area (Å²) < 4.78 is 1.54. The van der Waals surface area contributed by atoms with Crippen molar-refractivity contribution >= 4 is 17.4 Å². The Morgan fingerprint density at radius 2 is 1.57 bits per heavy atom. The minimum absolute atomic E-state index is 0.162. The lowest BCUT2D eigenvalue weighted by Gasteiger charge is -2.33. The van der Waals surface area contributed by atoms with E-state index in [1.165, 1.54) is 23.0 Å². The first kappa shape index (κ1) is 27.4. The molecule has 0 unspecified atom stereocenters. The third kappa shape index (κ3) is 6.20. The van der Waals surface area contributed by atoms with Crippen molar-refractivity contribution in [3.8, 4) is 17.0 Å². The van der Waals surface area contributed by atoms with Gasteiger partial charge in [-0.3, -0.25) is 9.69 Å². The van der Waals surface area contributed by atoms with Gasteiger partial charge in [0, 0.05) is 64.0 Å². The molecule has 0 saturated carbocycles. The van der Waals surface area contributed by atoms with Crippen LogP contribution in [0.25, 0.3) is 17.0 Å². The van der Waals surface area contributed by atoms with E-state index in [1.54, 1.807) is 27.7 Å². The second-order valence-corrected chi connectivity index (χ2v) is 10.4. The third-order valence-corrected chi connectivity index (χ3v) is 7.52. The van der Waals surface area contributed by atoms with Crippen molar-refractivity contribution in [1.29, 1.82) is 0 Å². The van der Waals surface area contributed by atoms with Crippen LogP contribution in [0.5, 0.6) is 5.75 Å². The van der Waals surface area contributed by atoms with E-state index in [9.17, 15) is 9.90 Å². The summed E-state index contributed by atoms with van der Waals surface area (Å²) in [5.74, 6) is 1.53. The molecule has 2 aliphatic heterocycles. The van der Waals surface area contributed by atoms with Crippen LogP contribution in [0.4, 0.5) is 5.69 Å². The summed E-state index contributed by atoms with van der Waals surface area (Å²) in [6.45, 7) is 13.4. The van der Waals surface area contributed by atoms with Gasteiger partial charge in [0.25, 0.3) is 5.78 Å². The predicted octanol–water partition coefficient (Wildman–Crippen LogP) is 3.16. The first-order valence-electron chi connectivity index (χ1n) is 13.8. The highest BCUT2D eigenvalue weighted by Crippen LogP contribution is 2.24. The summed E-state index contributed by atoms with van der Waals surface area (Å²) in [5, 5.41) is 22.5. The predicted molar refractivity (Wildman–Crippen MR) is 153 cm³/mol. The number of rotatable bonds is 4. The Labute approximate surface area is 234 Å². The first-order valence-corrected chi connectivity index (χ1v) is 13.8. The summed E-state index contributed by atoms with van der Waals surface area (Å²) in [5.41, 5.74) is 5.54. The van der Waals surface area contributed by atoms with Gasteiger partial charge in [-0.2, -0.15) is 19.7 Å². The quantitative estimate of drug-likeness (QED) is 0.414. The van der Waals surface area contributed by atoms with Crippen molar-refractivity contribution in [2.24, 2.45) is 0 Å². The third-order valence-electron chi connectivity index (χ3n) is 7.52. The van der Waals surface area contributed by atoms with Crippen molar-refractivity contribution < 1.29 is 9.90 Å². The highest BCUT2D eigenvalue weighted by molar-refractivity contribution is 5.73. The van der Waals surface area contributed by atoms with Crippen molar-refractivity contribution in [3.63, 3.8) is 0 Å². The molecule has 0 bridgehead atoms. The van der Waals surface area contributed by atoms with E-state index in [0.29, 0.717) is 23.0 Å². The Balaban J connectivity index is 0.000000207. The van der Waals surface area contributed by atoms with Crippen molar-refractivity contribution in [1.82, 2.24) is 39.6 Å².